The number of aromatic amines is 1. The van der Waals surface area contributed by atoms with Gasteiger partial charge in [-0.25, -0.2) is 4.98 Å². The normalized spacial score (nSPS) is 20.5. The van der Waals surface area contributed by atoms with Crippen LogP contribution in [0.1, 0.15) is 22.5 Å². The zero-order valence-corrected chi connectivity index (χ0v) is 24.4. The summed E-state index contributed by atoms with van der Waals surface area (Å²) < 4.78 is 11.9. The summed E-state index contributed by atoms with van der Waals surface area (Å²) in [5, 5.41) is 10.2. The van der Waals surface area contributed by atoms with Crippen LogP contribution in [0.3, 0.4) is 0 Å². The number of fused-ring (bicyclic) bond motifs is 3. The van der Waals surface area contributed by atoms with Crippen LogP contribution < -0.4 is 20.7 Å². The maximum absolute atomic E-state index is 13.4. The first-order valence-electron chi connectivity index (χ1n) is 13.8. The van der Waals surface area contributed by atoms with E-state index < -0.39 is 17.7 Å². The summed E-state index contributed by atoms with van der Waals surface area (Å²) in [6.45, 7) is 1.26. The molecule has 2 saturated heterocycles. The highest BCUT2D eigenvalue weighted by molar-refractivity contribution is 7.99. The smallest absolute Gasteiger partial charge is 0.251 e. The molecule has 3 amide bonds. The van der Waals surface area contributed by atoms with E-state index >= 15 is 0 Å². The Kier molecular flexibility index (Phi) is 7.21. The van der Waals surface area contributed by atoms with Crippen molar-refractivity contribution in [2.24, 2.45) is 0 Å². The monoisotopic (exact) mass is 618 g/mol. The molecule has 2 aromatic carbocycles. The number of ether oxygens (including phenoxy) is 2. The average Bonchev–Trinajstić information content (AvgIpc) is 3.75. The zero-order chi connectivity index (χ0) is 29.6. The molecule has 5 heterocycles. The molecule has 2 aromatic heterocycles. The van der Waals surface area contributed by atoms with E-state index in [9.17, 15) is 14.4 Å². The van der Waals surface area contributed by atoms with E-state index in [0.29, 0.717) is 36.0 Å². The largest absolute Gasteiger partial charge is 0.455 e. The van der Waals surface area contributed by atoms with Crippen molar-refractivity contribution < 1.29 is 23.9 Å². The lowest BCUT2D eigenvalue weighted by atomic mass is 10.1. The van der Waals surface area contributed by atoms with Gasteiger partial charge in [0.1, 0.15) is 28.4 Å². The van der Waals surface area contributed by atoms with E-state index in [-0.39, 0.29) is 31.4 Å². The number of para-hydroxylation sites is 1. The van der Waals surface area contributed by atoms with Gasteiger partial charge in [0.15, 0.2) is 0 Å². The van der Waals surface area contributed by atoms with Crippen molar-refractivity contribution >= 4 is 52.0 Å². The molecule has 0 aliphatic carbocycles. The van der Waals surface area contributed by atoms with E-state index in [1.807, 2.05) is 36.4 Å². The molecule has 4 N–H and O–H groups in total. The van der Waals surface area contributed by atoms with Crippen molar-refractivity contribution in [2.45, 2.75) is 34.5 Å². The summed E-state index contributed by atoms with van der Waals surface area (Å²) in [7, 11) is 0. The van der Waals surface area contributed by atoms with Gasteiger partial charge in [-0.15, -0.1) is 0 Å². The Balaban J connectivity index is 1.01. The summed E-state index contributed by atoms with van der Waals surface area (Å²) >= 11 is 7.55. The van der Waals surface area contributed by atoms with Crippen molar-refractivity contribution in [1.29, 1.82) is 0 Å². The van der Waals surface area contributed by atoms with E-state index in [1.54, 1.807) is 36.2 Å². The Hall–Kier alpha value is -4.10. The van der Waals surface area contributed by atoms with Gasteiger partial charge in [-0.05, 0) is 42.5 Å². The molecule has 0 saturated carbocycles. The minimum Gasteiger partial charge on any atom is -0.455 e. The highest BCUT2D eigenvalue weighted by Gasteiger charge is 2.51. The van der Waals surface area contributed by atoms with Crippen molar-refractivity contribution in [3.05, 3.63) is 77.2 Å². The van der Waals surface area contributed by atoms with Gasteiger partial charge < -0.3 is 30.0 Å². The minimum atomic E-state index is -0.797. The number of hydrogen-bond acceptors (Lipinski definition) is 8. The lowest BCUT2D eigenvalue weighted by Crippen LogP contribution is -2.49. The van der Waals surface area contributed by atoms with Crippen LogP contribution >= 0.6 is 23.4 Å². The van der Waals surface area contributed by atoms with E-state index in [0.717, 1.165) is 32.1 Å². The minimum absolute atomic E-state index is 0.194. The molecule has 2 fully saturated rings. The number of rotatable bonds is 6. The molecule has 13 heteroatoms. The Morgan fingerprint density at radius 1 is 1.09 bits per heavy atom. The number of benzene rings is 2. The maximum atomic E-state index is 13.4. The first kappa shape index (κ1) is 27.7. The molecule has 3 aliphatic rings. The molecular weight excluding hydrogens is 592 g/mol. The quantitative estimate of drug-likeness (QED) is 0.212. The average molecular weight is 619 g/mol. The van der Waals surface area contributed by atoms with Crippen LogP contribution in [0.2, 0.25) is 5.15 Å². The molecule has 2 atom stereocenters. The number of aromatic nitrogens is 2. The fraction of sp³-hybridized carbons (Fsp3) is 0.267. The molecule has 3 aliphatic heterocycles. The summed E-state index contributed by atoms with van der Waals surface area (Å²) in [6.07, 6.45) is 1.96. The van der Waals surface area contributed by atoms with Gasteiger partial charge in [-0.3, -0.25) is 19.7 Å². The van der Waals surface area contributed by atoms with Gasteiger partial charge in [-0.1, -0.05) is 35.5 Å². The molecule has 0 bridgehead atoms. The highest BCUT2D eigenvalue weighted by Crippen LogP contribution is 2.47. The molecule has 1 unspecified atom stereocenters. The van der Waals surface area contributed by atoms with Gasteiger partial charge in [0.05, 0.1) is 41.5 Å². The van der Waals surface area contributed by atoms with E-state index in [2.05, 4.69) is 25.9 Å². The standard InChI is InChI=1S/C30H27ClN6O5S/c31-26-11-20-18(13-32-26)9-19(36-20)14-33-29(40)21-12-30(35-7-8-41-30)16-37(21)27(38)15-34-28(39)17-5-6-25-23(10-17)42-22-3-1-2-4-24(22)43-25/h1-6,9-11,13,21,35-36H,7-8,12,14-16H2,(H,33,40)(H,34,39)/t21-,30?/m0/s1. The fourth-order valence-corrected chi connectivity index (χ4v) is 6.75. The zero-order valence-electron chi connectivity index (χ0n) is 22.8. The van der Waals surface area contributed by atoms with Gasteiger partial charge in [0.25, 0.3) is 5.91 Å². The number of H-pyrrole nitrogens is 1. The Morgan fingerprint density at radius 2 is 1.95 bits per heavy atom. The number of pyridine rings is 1. The third-order valence-corrected chi connectivity index (χ3v) is 9.07. The van der Waals surface area contributed by atoms with Crippen molar-refractivity contribution in [3.63, 3.8) is 0 Å². The Bertz CT molecular complexity index is 1760. The summed E-state index contributed by atoms with van der Waals surface area (Å²) in [6, 6.07) is 15.7. The molecular formula is C30H27ClN6O5S. The summed E-state index contributed by atoms with van der Waals surface area (Å²) in [5.74, 6) is 0.205. The van der Waals surface area contributed by atoms with E-state index in [1.165, 1.54) is 4.90 Å². The molecule has 1 spiro atoms. The lowest BCUT2D eigenvalue weighted by molar-refractivity contribution is -0.138. The van der Waals surface area contributed by atoms with Crippen molar-refractivity contribution in [2.75, 3.05) is 26.2 Å². The van der Waals surface area contributed by atoms with Gasteiger partial charge >= 0.3 is 0 Å². The molecule has 7 rings (SSSR count). The molecule has 220 valence electrons. The molecule has 4 aromatic rings. The Labute approximate surface area is 255 Å². The lowest BCUT2D eigenvalue weighted by Gasteiger charge is -2.25. The summed E-state index contributed by atoms with van der Waals surface area (Å²) in [5.41, 5.74) is 1.16. The van der Waals surface area contributed by atoms with E-state index in [4.69, 9.17) is 21.1 Å². The second kappa shape index (κ2) is 11.2. The number of carbonyl (C=O) groups excluding carboxylic acids is 3. The SMILES string of the molecule is O=C(NCC(=O)N1CC2(C[C@H]1C(=O)NCc1cc3cnc(Cl)cc3[nH]1)NCCO2)c1ccc2c(c1)Oc1ccccc1S2. The molecule has 11 nitrogen and oxygen atoms in total. The molecule has 0 radical (unpaired) electrons. The number of nitrogens with zero attached hydrogens (tertiary/aromatic N) is 2. The third-order valence-electron chi connectivity index (χ3n) is 7.75. The van der Waals surface area contributed by atoms with Crippen LogP contribution in [0.5, 0.6) is 11.5 Å². The first-order chi connectivity index (χ1) is 20.9. The number of hydrogen-bond donors (Lipinski definition) is 4. The third kappa shape index (κ3) is 5.54. The highest BCUT2D eigenvalue weighted by atomic mass is 35.5. The maximum Gasteiger partial charge on any atom is 0.251 e. The number of carbonyl (C=O) groups is 3. The van der Waals surface area contributed by atoms with Crippen LogP contribution in [-0.2, 0) is 20.9 Å². The van der Waals surface area contributed by atoms with Crippen LogP contribution in [-0.4, -0.2) is 70.6 Å². The predicted molar refractivity (Wildman–Crippen MR) is 159 cm³/mol. The second-order valence-corrected chi connectivity index (χ2v) is 12.1. The van der Waals surface area contributed by atoms with Gasteiger partial charge in [0, 0.05) is 35.8 Å². The number of amides is 3. The molecule has 43 heavy (non-hydrogen) atoms. The fourth-order valence-electron chi connectivity index (χ4n) is 5.66. The second-order valence-electron chi connectivity index (χ2n) is 10.6. The number of nitrogens with one attached hydrogen (secondary N) is 4. The predicted octanol–water partition coefficient (Wildman–Crippen LogP) is 3.44. The van der Waals surface area contributed by atoms with Crippen LogP contribution in [0, 0.1) is 0 Å². The van der Waals surface area contributed by atoms with Crippen molar-refractivity contribution in [1.82, 2.24) is 30.8 Å². The first-order valence-corrected chi connectivity index (χ1v) is 15.0. The van der Waals surface area contributed by atoms with Crippen LogP contribution in [0.4, 0.5) is 0 Å². The number of halogens is 1. The Morgan fingerprint density at radius 3 is 2.81 bits per heavy atom. The van der Waals surface area contributed by atoms with Crippen molar-refractivity contribution in [3.8, 4) is 11.5 Å². The number of likely N-dealkylation sites (tertiary alicyclic amines) is 1. The van der Waals surface area contributed by atoms with Gasteiger partial charge in [-0.2, -0.15) is 0 Å². The summed E-state index contributed by atoms with van der Waals surface area (Å²) in [4.78, 5) is 50.5. The topological polar surface area (TPSA) is 138 Å². The van der Waals surface area contributed by atoms with Crippen LogP contribution in [0.15, 0.2) is 70.6 Å². The van der Waals surface area contributed by atoms with Crippen LogP contribution in [0.25, 0.3) is 10.9 Å². The van der Waals surface area contributed by atoms with Gasteiger partial charge in [0.2, 0.25) is 11.8 Å².